The average Bonchev–Trinajstić information content (AvgIpc) is 2.44. The second-order valence-electron chi connectivity index (χ2n) is 4.51. The number of anilines is 1. The van der Waals surface area contributed by atoms with E-state index in [0.29, 0.717) is 13.2 Å². The number of halogens is 3. The van der Waals surface area contributed by atoms with Crippen LogP contribution in [0, 0.1) is 6.92 Å². The van der Waals surface area contributed by atoms with Gasteiger partial charge in [-0.2, -0.15) is 0 Å². The van der Waals surface area contributed by atoms with Crippen molar-refractivity contribution in [1.29, 1.82) is 0 Å². The fourth-order valence-electron chi connectivity index (χ4n) is 1.86. The van der Waals surface area contributed by atoms with E-state index < -0.39 is 0 Å². The molecule has 0 bridgehead atoms. The summed E-state index contributed by atoms with van der Waals surface area (Å²) in [5.74, 6) is 0.836. The molecule has 0 atom stereocenters. The van der Waals surface area contributed by atoms with Crippen LogP contribution in [0.1, 0.15) is 18.1 Å². The standard InChI is InChI=1S/C15H15Br3N2O/c1-3-21-14-12(16)5-10(6-13(14)17)7-19-11-4-9(2)15(18)20-8-11/h4-6,8,19H,3,7H2,1-2H3. The van der Waals surface area contributed by atoms with Gasteiger partial charge in [0.1, 0.15) is 10.4 Å². The lowest BCUT2D eigenvalue weighted by Gasteiger charge is -2.12. The summed E-state index contributed by atoms with van der Waals surface area (Å²) in [6, 6.07) is 6.18. The highest BCUT2D eigenvalue weighted by atomic mass is 79.9. The lowest BCUT2D eigenvalue weighted by molar-refractivity contribution is 0.336. The van der Waals surface area contributed by atoms with Crippen molar-refractivity contribution in [2.45, 2.75) is 20.4 Å². The van der Waals surface area contributed by atoms with E-state index in [1.165, 1.54) is 0 Å². The predicted octanol–water partition coefficient (Wildman–Crippen LogP) is 5.69. The summed E-state index contributed by atoms with van der Waals surface area (Å²) in [6.07, 6.45) is 1.82. The molecular formula is C15H15Br3N2O. The van der Waals surface area contributed by atoms with Crippen molar-refractivity contribution in [1.82, 2.24) is 4.98 Å². The molecule has 1 heterocycles. The molecule has 0 fully saturated rings. The van der Waals surface area contributed by atoms with Crippen molar-refractivity contribution in [2.75, 3.05) is 11.9 Å². The first-order chi connectivity index (χ1) is 10.0. The van der Waals surface area contributed by atoms with Gasteiger partial charge in [-0.15, -0.1) is 0 Å². The Morgan fingerprint density at radius 3 is 2.38 bits per heavy atom. The van der Waals surface area contributed by atoms with Crippen molar-refractivity contribution < 1.29 is 4.74 Å². The maximum Gasteiger partial charge on any atom is 0.147 e. The lowest BCUT2D eigenvalue weighted by atomic mass is 10.2. The number of hydrogen-bond donors (Lipinski definition) is 1. The third-order valence-corrected chi connectivity index (χ3v) is 4.87. The van der Waals surface area contributed by atoms with E-state index in [0.717, 1.165) is 36.1 Å². The molecule has 1 N–H and O–H groups in total. The fraction of sp³-hybridized carbons (Fsp3) is 0.267. The van der Waals surface area contributed by atoms with E-state index >= 15 is 0 Å². The van der Waals surface area contributed by atoms with Gasteiger partial charge in [-0.25, -0.2) is 4.98 Å². The summed E-state index contributed by atoms with van der Waals surface area (Å²) in [4.78, 5) is 4.28. The Morgan fingerprint density at radius 1 is 1.14 bits per heavy atom. The van der Waals surface area contributed by atoms with Gasteiger partial charge >= 0.3 is 0 Å². The molecule has 0 radical (unpaired) electrons. The van der Waals surface area contributed by atoms with Crippen molar-refractivity contribution in [3.8, 4) is 5.75 Å². The van der Waals surface area contributed by atoms with E-state index in [9.17, 15) is 0 Å². The van der Waals surface area contributed by atoms with Gasteiger partial charge in [0.2, 0.25) is 0 Å². The first-order valence-electron chi connectivity index (χ1n) is 6.48. The monoisotopic (exact) mass is 476 g/mol. The van der Waals surface area contributed by atoms with Gasteiger partial charge in [0, 0.05) is 6.54 Å². The van der Waals surface area contributed by atoms with Crippen LogP contribution in [0.5, 0.6) is 5.75 Å². The van der Waals surface area contributed by atoms with Crippen LogP contribution in [-0.4, -0.2) is 11.6 Å². The lowest BCUT2D eigenvalue weighted by Crippen LogP contribution is -2.02. The minimum Gasteiger partial charge on any atom is -0.492 e. The largest absolute Gasteiger partial charge is 0.492 e. The molecule has 2 rings (SSSR count). The van der Waals surface area contributed by atoms with Gasteiger partial charge in [-0.1, -0.05) is 0 Å². The van der Waals surface area contributed by atoms with Crippen molar-refractivity contribution in [3.05, 3.63) is 49.1 Å². The smallest absolute Gasteiger partial charge is 0.147 e. The zero-order valence-electron chi connectivity index (χ0n) is 11.7. The number of nitrogens with zero attached hydrogens (tertiary/aromatic N) is 1. The Labute approximate surface area is 149 Å². The van der Waals surface area contributed by atoms with E-state index in [2.05, 4.69) is 76.3 Å². The molecular weight excluding hydrogens is 464 g/mol. The number of pyridine rings is 1. The second kappa shape index (κ2) is 7.61. The van der Waals surface area contributed by atoms with Crippen LogP contribution in [0.15, 0.2) is 37.9 Å². The number of nitrogens with one attached hydrogen (secondary N) is 1. The molecule has 3 nitrogen and oxygen atoms in total. The summed E-state index contributed by atoms with van der Waals surface area (Å²) in [5.41, 5.74) is 3.25. The van der Waals surface area contributed by atoms with Crippen LogP contribution < -0.4 is 10.1 Å². The quantitative estimate of drug-likeness (QED) is 0.561. The summed E-state index contributed by atoms with van der Waals surface area (Å²) in [7, 11) is 0. The predicted molar refractivity (Wildman–Crippen MR) is 97.0 cm³/mol. The summed E-state index contributed by atoms with van der Waals surface area (Å²) in [5, 5.41) is 3.37. The molecule has 0 aliphatic rings. The van der Waals surface area contributed by atoms with Crippen LogP contribution in [-0.2, 0) is 6.54 Å². The molecule has 21 heavy (non-hydrogen) atoms. The highest BCUT2D eigenvalue weighted by Gasteiger charge is 2.08. The number of benzene rings is 1. The maximum absolute atomic E-state index is 5.58. The summed E-state index contributed by atoms with van der Waals surface area (Å²) < 4.78 is 8.35. The Balaban J connectivity index is 2.11. The van der Waals surface area contributed by atoms with Gasteiger partial charge < -0.3 is 10.1 Å². The van der Waals surface area contributed by atoms with E-state index in [1.54, 1.807) is 0 Å². The van der Waals surface area contributed by atoms with Gasteiger partial charge in [0.05, 0.1) is 27.4 Å². The van der Waals surface area contributed by atoms with Crippen molar-refractivity contribution >= 4 is 53.5 Å². The van der Waals surface area contributed by atoms with Crippen LogP contribution in [0.25, 0.3) is 0 Å². The number of rotatable bonds is 5. The Morgan fingerprint density at radius 2 is 1.81 bits per heavy atom. The number of ether oxygens (including phenoxy) is 1. The van der Waals surface area contributed by atoms with Gasteiger partial charge in [0.15, 0.2) is 0 Å². The molecule has 0 amide bonds. The Kier molecular flexibility index (Phi) is 6.08. The summed E-state index contributed by atoms with van der Waals surface area (Å²) >= 11 is 10.5. The van der Waals surface area contributed by atoms with E-state index in [-0.39, 0.29) is 0 Å². The molecule has 1 aromatic heterocycles. The highest BCUT2D eigenvalue weighted by molar-refractivity contribution is 9.11. The van der Waals surface area contributed by atoms with Gasteiger partial charge in [0.25, 0.3) is 0 Å². The molecule has 1 aromatic carbocycles. The molecule has 0 spiro atoms. The third kappa shape index (κ3) is 4.44. The zero-order valence-corrected chi connectivity index (χ0v) is 16.5. The van der Waals surface area contributed by atoms with Gasteiger partial charge in [-0.05, 0) is 91.0 Å². The number of aryl methyl sites for hydroxylation is 1. The van der Waals surface area contributed by atoms with Crippen LogP contribution in [0.3, 0.4) is 0 Å². The van der Waals surface area contributed by atoms with Crippen LogP contribution in [0.4, 0.5) is 5.69 Å². The molecule has 2 aromatic rings. The fourth-order valence-corrected chi connectivity index (χ4v) is 3.58. The van der Waals surface area contributed by atoms with E-state index in [1.807, 2.05) is 20.0 Å². The SMILES string of the molecule is CCOc1c(Br)cc(CNc2cnc(Br)c(C)c2)cc1Br. The molecule has 0 saturated heterocycles. The highest BCUT2D eigenvalue weighted by Crippen LogP contribution is 2.35. The molecule has 0 unspecified atom stereocenters. The Bertz CT molecular complexity index is 624. The first-order valence-corrected chi connectivity index (χ1v) is 8.86. The normalized spacial score (nSPS) is 10.5. The molecule has 112 valence electrons. The number of hydrogen-bond acceptors (Lipinski definition) is 3. The minimum absolute atomic E-state index is 0.638. The van der Waals surface area contributed by atoms with Crippen LogP contribution in [0.2, 0.25) is 0 Å². The summed E-state index contributed by atoms with van der Waals surface area (Å²) in [6.45, 7) is 5.34. The maximum atomic E-state index is 5.58. The minimum atomic E-state index is 0.638. The van der Waals surface area contributed by atoms with E-state index in [4.69, 9.17) is 4.74 Å². The third-order valence-electron chi connectivity index (χ3n) is 2.86. The average molecular weight is 479 g/mol. The van der Waals surface area contributed by atoms with Crippen molar-refractivity contribution in [2.24, 2.45) is 0 Å². The van der Waals surface area contributed by atoms with Crippen molar-refractivity contribution in [3.63, 3.8) is 0 Å². The molecule has 6 heteroatoms. The molecule has 0 aliphatic heterocycles. The topological polar surface area (TPSA) is 34.1 Å². The number of aromatic nitrogens is 1. The van der Waals surface area contributed by atoms with Gasteiger partial charge in [-0.3, -0.25) is 0 Å². The Hall–Kier alpha value is -0.590. The first kappa shape index (κ1) is 16.8. The van der Waals surface area contributed by atoms with Crippen LogP contribution >= 0.6 is 47.8 Å². The molecule has 0 saturated carbocycles. The second-order valence-corrected chi connectivity index (χ2v) is 6.97. The zero-order chi connectivity index (χ0) is 15.4. The molecule has 0 aliphatic carbocycles.